The third-order valence-electron chi connectivity index (χ3n) is 8.06. The quantitative estimate of drug-likeness (QED) is 0.273. The zero-order chi connectivity index (χ0) is 34.6. The van der Waals surface area contributed by atoms with Gasteiger partial charge < -0.3 is 20.0 Å². The molecule has 0 bridgehead atoms. The number of carbonyl (C=O) groups is 3. The zero-order valence-corrected chi connectivity index (χ0v) is 27.8. The molecule has 9 nitrogen and oxygen atoms in total. The molecule has 2 heterocycles. The molecule has 1 aliphatic heterocycles. The number of anilines is 4. The molecular weight excluding hydrogens is 609 g/mol. The van der Waals surface area contributed by atoms with Crippen LogP contribution in [0.4, 0.5) is 36.1 Å². The number of aryl methyl sites for hydroxylation is 2. The molecule has 1 aliphatic rings. The van der Waals surface area contributed by atoms with E-state index in [1.165, 1.54) is 11.8 Å². The van der Waals surface area contributed by atoms with Crippen molar-refractivity contribution in [2.75, 3.05) is 54.8 Å². The van der Waals surface area contributed by atoms with Gasteiger partial charge >= 0.3 is 6.18 Å². The lowest BCUT2D eigenvalue weighted by Gasteiger charge is -2.32. The third kappa shape index (κ3) is 8.18. The molecule has 1 N–H and O–H groups in total. The van der Waals surface area contributed by atoms with Crippen LogP contribution in [0.15, 0.2) is 66.2 Å². The van der Waals surface area contributed by atoms with E-state index in [2.05, 4.69) is 10.3 Å². The van der Waals surface area contributed by atoms with Gasteiger partial charge in [-0.05, 0) is 82.7 Å². The van der Waals surface area contributed by atoms with E-state index in [-0.39, 0.29) is 30.3 Å². The number of pyridine rings is 1. The summed E-state index contributed by atoms with van der Waals surface area (Å²) >= 11 is 0. The first-order chi connectivity index (χ1) is 22.1. The van der Waals surface area contributed by atoms with Gasteiger partial charge in [0.1, 0.15) is 11.9 Å². The van der Waals surface area contributed by atoms with Gasteiger partial charge in [0.05, 0.1) is 16.9 Å². The van der Waals surface area contributed by atoms with Crippen LogP contribution in [0.1, 0.15) is 42.1 Å². The lowest BCUT2D eigenvalue weighted by atomic mass is 10.1. The topological polar surface area (TPSA) is 89.1 Å². The molecule has 1 aromatic heterocycles. The Labute approximate surface area is 273 Å². The largest absolute Gasteiger partial charge is 0.416 e. The Balaban J connectivity index is 1.54. The summed E-state index contributed by atoms with van der Waals surface area (Å²) in [6.45, 7) is 6.19. The van der Waals surface area contributed by atoms with Crippen LogP contribution < -0.4 is 20.0 Å². The summed E-state index contributed by atoms with van der Waals surface area (Å²) in [6.07, 6.45) is -2.66. The average Bonchev–Trinajstić information content (AvgIpc) is 3.40. The molecule has 47 heavy (non-hydrogen) atoms. The summed E-state index contributed by atoms with van der Waals surface area (Å²) in [7, 11) is 7.31. The number of amides is 3. The van der Waals surface area contributed by atoms with Crippen LogP contribution in [0.5, 0.6) is 0 Å². The van der Waals surface area contributed by atoms with Crippen LogP contribution in [0.3, 0.4) is 0 Å². The molecule has 1 saturated heterocycles. The van der Waals surface area contributed by atoms with Gasteiger partial charge in [0, 0.05) is 50.6 Å². The number of alkyl halides is 3. The molecule has 3 aromatic rings. The second-order valence-electron chi connectivity index (χ2n) is 12.1. The summed E-state index contributed by atoms with van der Waals surface area (Å²) in [4.78, 5) is 50.3. The normalized spacial score (nSPS) is 15.3. The molecule has 250 valence electrons. The van der Waals surface area contributed by atoms with E-state index in [1.807, 2.05) is 81.2 Å². The third-order valence-corrected chi connectivity index (χ3v) is 8.06. The lowest BCUT2D eigenvalue weighted by molar-refractivity contribution is -0.137. The fourth-order valence-electron chi connectivity index (χ4n) is 5.79. The molecular formula is C35H41F3N6O3. The smallest absolute Gasteiger partial charge is 0.368 e. The predicted octanol–water partition coefficient (Wildman–Crippen LogP) is 5.96. The number of hydrogen-bond donors (Lipinski definition) is 1. The number of hydrogen-bond acceptors (Lipinski definition) is 6. The van der Waals surface area contributed by atoms with E-state index in [0.717, 1.165) is 33.8 Å². The highest BCUT2D eigenvalue weighted by Gasteiger charge is 2.41. The molecule has 1 fully saturated rings. The van der Waals surface area contributed by atoms with Crippen LogP contribution in [-0.4, -0.2) is 68.4 Å². The van der Waals surface area contributed by atoms with E-state index in [1.54, 1.807) is 19.2 Å². The van der Waals surface area contributed by atoms with Crippen LogP contribution >= 0.6 is 0 Å². The van der Waals surface area contributed by atoms with E-state index in [4.69, 9.17) is 0 Å². The number of allylic oxidation sites excluding steroid dienone is 1. The summed E-state index contributed by atoms with van der Waals surface area (Å²) in [5.41, 5.74) is 3.75. The van der Waals surface area contributed by atoms with Gasteiger partial charge in [-0.25, -0.2) is 4.98 Å². The maximum Gasteiger partial charge on any atom is 0.416 e. The summed E-state index contributed by atoms with van der Waals surface area (Å²) < 4.78 is 40.7. The Hall–Kier alpha value is -4.71. The van der Waals surface area contributed by atoms with Crippen LogP contribution in [-0.2, 0) is 27.1 Å². The number of carbonyl (C=O) groups excluding carboxylic acids is 3. The number of nitrogens with one attached hydrogen (secondary N) is 1. The first kappa shape index (κ1) is 35.1. The number of rotatable bonds is 10. The number of halogens is 3. The van der Waals surface area contributed by atoms with Crippen molar-refractivity contribution in [2.45, 2.75) is 52.4 Å². The van der Waals surface area contributed by atoms with E-state index in [0.29, 0.717) is 30.0 Å². The zero-order valence-electron chi connectivity index (χ0n) is 27.8. The Morgan fingerprint density at radius 3 is 2.34 bits per heavy atom. The molecule has 1 atom stereocenters. The van der Waals surface area contributed by atoms with Crippen molar-refractivity contribution < 1.29 is 27.6 Å². The average molecular weight is 651 g/mol. The molecule has 3 amide bonds. The van der Waals surface area contributed by atoms with Gasteiger partial charge in [-0.15, -0.1) is 0 Å². The fourth-order valence-corrected chi connectivity index (χ4v) is 5.79. The Bertz CT molecular complexity index is 1670. The highest BCUT2D eigenvalue weighted by atomic mass is 19.4. The van der Waals surface area contributed by atoms with Gasteiger partial charge in [0.15, 0.2) is 0 Å². The minimum atomic E-state index is -4.63. The van der Waals surface area contributed by atoms with Gasteiger partial charge in [-0.3, -0.25) is 19.3 Å². The highest BCUT2D eigenvalue weighted by molar-refractivity contribution is 6.09. The number of para-hydroxylation sites is 1. The second kappa shape index (κ2) is 14.4. The first-order valence-corrected chi connectivity index (χ1v) is 15.3. The minimum absolute atomic E-state index is 0.0178. The highest BCUT2D eigenvalue weighted by Crippen LogP contribution is 2.37. The molecule has 4 rings (SSSR count). The maximum absolute atomic E-state index is 14.0. The summed E-state index contributed by atoms with van der Waals surface area (Å²) in [5.74, 6) is -1.23. The van der Waals surface area contributed by atoms with Gasteiger partial charge in [-0.2, -0.15) is 13.2 Å². The van der Waals surface area contributed by atoms with Gasteiger partial charge in [0.2, 0.25) is 11.8 Å². The lowest BCUT2D eigenvalue weighted by Crippen LogP contribution is -2.46. The van der Waals surface area contributed by atoms with E-state index >= 15 is 0 Å². The van der Waals surface area contributed by atoms with Crippen molar-refractivity contribution in [3.63, 3.8) is 0 Å². The van der Waals surface area contributed by atoms with Crippen LogP contribution in [0, 0.1) is 13.8 Å². The summed E-state index contributed by atoms with van der Waals surface area (Å²) in [6, 6.07) is 13.8. The molecule has 0 saturated carbocycles. The van der Waals surface area contributed by atoms with Crippen LogP contribution in [0.2, 0.25) is 0 Å². The van der Waals surface area contributed by atoms with Crippen molar-refractivity contribution in [2.24, 2.45) is 0 Å². The number of likely N-dealkylation sites (N-methyl/N-ethyl adjacent to an activating group) is 2. The molecule has 0 aliphatic carbocycles. The van der Waals surface area contributed by atoms with Crippen molar-refractivity contribution >= 4 is 40.6 Å². The van der Waals surface area contributed by atoms with Gasteiger partial charge in [0.25, 0.3) is 5.91 Å². The van der Waals surface area contributed by atoms with Crippen molar-refractivity contribution in [1.29, 1.82) is 0 Å². The number of nitrogens with zero attached hydrogens (tertiary/aromatic N) is 5. The standard InChI is InChI=1S/C35H41F3N6O3/c1-8-25(21-41(4)5)33(46)40-27-14-12-24(13-15-27)20-42(6)32-22(2)10-9-11-28(32)43(7)34(47)29-16-17-31(45)44(29)30-19-26(35(36,37)38)18-23(3)39-30/h8-15,18-19,29H,16-17,20-21H2,1-7H3,(H,40,46)/b25-8+/t29-/m0/s1. The Kier molecular flexibility index (Phi) is 10.7. The molecule has 0 radical (unpaired) electrons. The van der Waals surface area contributed by atoms with Crippen molar-refractivity contribution in [3.05, 3.63) is 88.6 Å². The number of aromatic nitrogens is 1. The Morgan fingerprint density at radius 2 is 1.72 bits per heavy atom. The monoisotopic (exact) mass is 650 g/mol. The first-order valence-electron chi connectivity index (χ1n) is 15.3. The number of benzene rings is 2. The Morgan fingerprint density at radius 1 is 1.04 bits per heavy atom. The second-order valence-corrected chi connectivity index (χ2v) is 12.1. The van der Waals surface area contributed by atoms with Crippen molar-refractivity contribution in [1.82, 2.24) is 9.88 Å². The minimum Gasteiger partial charge on any atom is -0.368 e. The predicted molar refractivity (Wildman–Crippen MR) is 179 cm³/mol. The molecule has 12 heteroatoms. The maximum atomic E-state index is 14.0. The fraction of sp³-hybridized carbons (Fsp3) is 0.371. The summed E-state index contributed by atoms with van der Waals surface area (Å²) in [5, 5.41) is 2.93. The molecule has 0 unspecified atom stereocenters. The molecule has 0 spiro atoms. The van der Waals surface area contributed by atoms with Crippen LogP contribution in [0.25, 0.3) is 0 Å². The van der Waals surface area contributed by atoms with Crippen molar-refractivity contribution in [3.8, 4) is 0 Å². The van der Waals surface area contributed by atoms with Gasteiger partial charge in [-0.1, -0.05) is 30.3 Å². The van der Waals surface area contributed by atoms with E-state index < -0.39 is 29.6 Å². The van der Waals surface area contributed by atoms with E-state index in [9.17, 15) is 27.6 Å². The molecule has 2 aromatic carbocycles. The SMILES string of the molecule is C/C=C(\CN(C)C)C(=O)Nc1ccc(CN(C)c2c(C)cccc2N(C)C(=O)[C@@H]2CCC(=O)N2c2cc(C(F)(F)F)cc(C)n2)cc1.